The Labute approximate surface area is 165 Å². The highest BCUT2D eigenvalue weighted by Gasteiger charge is 2.48. The lowest BCUT2D eigenvalue weighted by Crippen LogP contribution is -2.34. The maximum absolute atomic E-state index is 13.5. The number of hydrogen-bond acceptors (Lipinski definition) is 7. The summed E-state index contributed by atoms with van der Waals surface area (Å²) in [5.41, 5.74) is 0.0843. The number of nitrogens with one attached hydrogen (secondary N) is 1. The standard InChI is InChI=1S/C18H20FN2O7P/c1-2-11-3-5-12(6-4-11)9-25-29(24)26-10-15-14(28-29)7-16(27-15)21-8-13(19)17(22)20-18(21)23/h3-6,8,14-16H,2,7,9-10H2,1H3,(H,20,22,23)/t14-,15+,16+,29?/m0/s1. The topological polar surface area (TPSA) is 109 Å². The summed E-state index contributed by atoms with van der Waals surface area (Å²) >= 11 is 0. The summed E-state index contributed by atoms with van der Waals surface area (Å²) < 4.78 is 49.1. The van der Waals surface area contributed by atoms with E-state index in [0.29, 0.717) is 0 Å². The van der Waals surface area contributed by atoms with E-state index in [1.807, 2.05) is 29.2 Å². The quantitative estimate of drug-likeness (QED) is 0.731. The highest BCUT2D eigenvalue weighted by molar-refractivity contribution is 7.48. The van der Waals surface area contributed by atoms with Gasteiger partial charge in [-0.25, -0.2) is 9.36 Å². The smallest absolute Gasteiger partial charge is 0.349 e. The summed E-state index contributed by atoms with van der Waals surface area (Å²) in [6, 6.07) is 7.68. The number of ether oxygens (including phenoxy) is 1. The van der Waals surface area contributed by atoms with Gasteiger partial charge in [0.05, 0.1) is 19.4 Å². The molecular formula is C18H20FN2O7P. The third-order valence-electron chi connectivity index (χ3n) is 4.90. The molecule has 0 radical (unpaired) electrons. The first-order valence-electron chi connectivity index (χ1n) is 9.18. The van der Waals surface area contributed by atoms with Crippen molar-refractivity contribution >= 4 is 7.82 Å². The van der Waals surface area contributed by atoms with E-state index in [0.717, 1.165) is 22.7 Å². The molecular weight excluding hydrogens is 406 g/mol. The SMILES string of the molecule is CCc1ccc(COP2(=O)OC[C@H]3O[C@@H](n4cc(F)c(=O)[nH]c4=O)C[C@@H]3O2)cc1. The number of phosphoric acid groups is 1. The lowest BCUT2D eigenvalue weighted by atomic mass is 10.1. The molecule has 2 aromatic rings. The number of H-pyrrole nitrogens is 1. The van der Waals surface area contributed by atoms with Gasteiger partial charge in [0.1, 0.15) is 18.4 Å². The number of halogens is 1. The van der Waals surface area contributed by atoms with Gasteiger partial charge in [-0.2, -0.15) is 4.39 Å². The molecule has 2 saturated heterocycles. The summed E-state index contributed by atoms with van der Waals surface area (Å²) in [5, 5.41) is 0. The molecule has 2 fully saturated rings. The fourth-order valence-electron chi connectivity index (χ4n) is 3.26. The summed E-state index contributed by atoms with van der Waals surface area (Å²) in [5.74, 6) is -1.11. The van der Waals surface area contributed by atoms with Gasteiger partial charge in [-0.3, -0.25) is 27.9 Å². The lowest BCUT2D eigenvalue weighted by Gasteiger charge is -2.29. The first kappa shape index (κ1) is 20.2. The maximum Gasteiger partial charge on any atom is 0.475 e. The maximum atomic E-state index is 13.5. The van der Waals surface area contributed by atoms with E-state index in [-0.39, 0.29) is 19.6 Å². The Morgan fingerprint density at radius 2 is 1.97 bits per heavy atom. The number of aryl methyl sites for hydroxylation is 1. The van der Waals surface area contributed by atoms with Crippen molar-refractivity contribution in [3.05, 3.63) is 68.2 Å². The molecule has 1 unspecified atom stereocenters. The minimum Gasteiger partial charge on any atom is -0.349 e. The van der Waals surface area contributed by atoms with E-state index in [1.54, 1.807) is 0 Å². The number of aromatic amines is 1. The lowest BCUT2D eigenvalue weighted by molar-refractivity contribution is -0.0731. The van der Waals surface area contributed by atoms with Gasteiger partial charge in [-0.05, 0) is 17.5 Å². The van der Waals surface area contributed by atoms with Crippen LogP contribution in [0.2, 0.25) is 0 Å². The molecule has 11 heteroatoms. The van der Waals surface area contributed by atoms with Crippen LogP contribution in [0.15, 0.2) is 40.1 Å². The van der Waals surface area contributed by atoms with Gasteiger partial charge < -0.3 is 4.74 Å². The van der Waals surface area contributed by atoms with E-state index < -0.39 is 43.3 Å². The van der Waals surface area contributed by atoms with Crippen LogP contribution >= 0.6 is 7.82 Å². The monoisotopic (exact) mass is 426 g/mol. The van der Waals surface area contributed by atoms with Crippen molar-refractivity contribution in [3.8, 4) is 0 Å². The van der Waals surface area contributed by atoms with Gasteiger partial charge in [-0.15, -0.1) is 0 Å². The normalized spacial score (nSPS) is 29.0. The molecule has 0 saturated carbocycles. The Bertz CT molecular complexity index is 1050. The Morgan fingerprint density at radius 1 is 1.24 bits per heavy atom. The zero-order valence-corrected chi connectivity index (χ0v) is 16.5. The van der Waals surface area contributed by atoms with Crippen LogP contribution in [0, 0.1) is 5.82 Å². The fraction of sp³-hybridized carbons (Fsp3) is 0.444. The Kier molecular flexibility index (Phi) is 5.54. The second kappa shape index (κ2) is 7.97. The van der Waals surface area contributed by atoms with E-state index in [4.69, 9.17) is 18.3 Å². The first-order chi connectivity index (χ1) is 13.9. The zero-order valence-electron chi connectivity index (χ0n) is 15.6. The molecule has 1 N–H and O–H groups in total. The molecule has 3 heterocycles. The average molecular weight is 426 g/mol. The average Bonchev–Trinajstić information content (AvgIpc) is 3.12. The van der Waals surface area contributed by atoms with Crippen LogP contribution < -0.4 is 11.2 Å². The van der Waals surface area contributed by atoms with Gasteiger partial charge in [0.2, 0.25) is 5.82 Å². The summed E-state index contributed by atoms with van der Waals surface area (Å²) in [4.78, 5) is 25.0. The second-order valence-corrected chi connectivity index (χ2v) is 8.46. The summed E-state index contributed by atoms with van der Waals surface area (Å²) in [7, 11) is -3.81. The first-order valence-corrected chi connectivity index (χ1v) is 10.6. The van der Waals surface area contributed by atoms with Crippen LogP contribution in [0.1, 0.15) is 30.7 Å². The van der Waals surface area contributed by atoms with Gasteiger partial charge in [0.25, 0.3) is 5.56 Å². The predicted octanol–water partition coefficient (Wildman–Crippen LogP) is 2.27. The minimum absolute atomic E-state index is 0.0491. The molecule has 2 aliphatic heterocycles. The largest absolute Gasteiger partial charge is 0.475 e. The molecule has 29 heavy (non-hydrogen) atoms. The summed E-state index contributed by atoms with van der Waals surface area (Å²) in [6.07, 6.45) is -0.336. The van der Waals surface area contributed by atoms with E-state index in [2.05, 4.69) is 6.92 Å². The van der Waals surface area contributed by atoms with Crippen molar-refractivity contribution in [2.24, 2.45) is 0 Å². The number of phosphoric ester groups is 1. The number of benzene rings is 1. The Hall–Kier alpha value is -2.10. The summed E-state index contributed by atoms with van der Waals surface area (Å²) in [6.45, 7) is 2.04. The van der Waals surface area contributed by atoms with E-state index >= 15 is 0 Å². The second-order valence-electron chi connectivity index (χ2n) is 6.84. The Balaban J connectivity index is 1.42. The van der Waals surface area contributed by atoms with Gasteiger partial charge in [0.15, 0.2) is 0 Å². The van der Waals surface area contributed by atoms with Crippen LogP contribution in [0.25, 0.3) is 0 Å². The number of fused-ring (bicyclic) bond motifs is 1. The third-order valence-corrected chi connectivity index (χ3v) is 6.34. The number of nitrogens with zero attached hydrogens (tertiary/aromatic N) is 1. The third kappa shape index (κ3) is 4.26. The van der Waals surface area contributed by atoms with Gasteiger partial charge in [-0.1, -0.05) is 31.2 Å². The molecule has 156 valence electrons. The van der Waals surface area contributed by atoms with Crippen molar-refractivity contribution in [1.82, 2.24) is 9.55 Å². The van der Waals surface area contributed by atoms with Gasteiger partial charge >= 0.3 is 13.5 Å². The van der Waals surface area contributed by atoms with Crippen LogP contribution in [-0.4, -0.2) is 28.4 Å². The van der Waals surface area contributed by atoms with Crippen molar-refractivity contribution in [3.63, 3.8) is 0 Å². The van der Waals surface area contributed by atoms with Gasteiger partial charge in [0, 0.05) is 6.42 Å². The highest BCUT2D eigenvalue weighted by atomic mass is 31.2. The molecule has 1 aromatic carbocycles. The molecule has 0 spiro atoms. The van der Waals surface area contributed by atoms with E-state index in [9.17, 15) is 18.5 Å². The van der Waals surface area contributed by atoms with Crippen molar-refractivity contribution in [2.45, 2.75) is 44.8 Å². The van der Waals surface area contributed by atoms with Crippen molar-refractivity contribution in [1.29, 1.82) is 0 Å². The number of hydrogen-bond donors (Lipinski definition) is 1. The zero-order chi connectivity index (χ0) is 20.6. The van der Waals surface area contributed by atoms with Crippen LogP contribution in [-0.2, 0) is 35.9 Å². The predicted molar refractivity (Wildman–Crippen MR) is 98.8 cm³/mol. The molecule has 4 rings (SSSR count). The molecule has 0 amide bonds. The Morgan fingerprint density at radius 3 is 2.69 bits per heavy atom. The van der Waals surface area contributed by atoms with Crippen molar-refractivity contribution in [2.75, 3.05) is 6.61 Å². The molecule has 0 bridgehead atoms. The molecule has 9 nitrogen and oxygen atoms in total. The number of rotatable bonds is 5. The molecule has 2 aliphatic rings. The van der Waals surface area contributed by atoms with Crippen LogP contribution in [0.4, 0.5) is 4.39 Å². The number of aromatic nitrogens is 2. The van der Waals surface area contributed by atoms with Crippen LogP contribution in [0.3, 0.4) is 0 Å². The molecule has 4 atom stereocenters. The molecule has 0 aliphatic carbocycles. The molecule has 1 aromatic heterocycles. The fourth-order valence-corrected chi connectivity index (χ4v) is 4.65. The van der Waals surface area contributed by atoms with Crippen molar-refractivity contribution < 1.29 is 27.3 Å². The van der Waals surface area contributed by atoms with Crippen LogP contribution in [0.5, 0.6) is 0 Å². The minimum atomic E-state index is -3.81. The van der Waals surface area contributed by atoms with E-state index in [1.165, 1.54) is 5.56 Å². The highest BCUT2D eigenvalue weighted by Crippen LogP contribution is 2.57.